The molecule has 0 aromatic heterocycles. The molecule has 102 valence electrons. The molecule has 0 fully saturated rings. The molecular formula is C14H22BrNOS. The highest BCUT2D eigenvalue weighted by Gasteiger charge is 2.08. The number of halogens is 1. The summed E-state index contributed by atoms with van der Waals surface area (Å²) in [6, 6.07) is 4.20. The fourth-order valence-corrected chi connectivity index (χ4v) is 3.06. The lowest BCUT2D eigenvalue weighted by Gasteiger charge is -2.14. The van der Waals surface area contributed by atoms with Crippen LogP contribution in [-0.4, -0.2) is 24.7 Å². The highest BCUT2D eigenvalue weighted by molar-refractivity contribution is 9.10. The van der Waals surface area contributed by atoms with Crippen LogP contribution in [0, 0.1) is 6.92 Å². The molecule has 4 heteroatoms. The second kappa shape index (κ2) is 8.83. The van der Waals surface area contributed by atoms with E-state index in [4.69, 9.17) is 10.5 Å². The molecule has 2 N–H and O–H groups in total. The fraction of sp³-hybridized carbons (Fsp3) is 0.571. The summed E-state index contributed by atoms with van der Waals surface area (Å²) in [6.07, 6.45) is 1.95. The van der Waals surface area contributed by atoms with Crippen molar-refractivity contribution in [3.05, 3.63) is 27.7 Å². The zero-order valence-electron chi connectivity index (χ0n) is 11.2. The quantitative estimate of drug-likeness (QED) is 0.736. The van der Waals surface area contributed by atoms with E-state index in [0.717, 1.165) is 35.4 Å². The predicted octanol–water partition coefficient (Wildman–Crippen LogP) is 3.78. The summed E-state index contributed by atoms with van der Waals surface area (Å²) in [5.41, 5.74) is 8.03. The Balaban J connectivity index is 2.62. The van der Waals surface area contributed by atoms with Crippen LogP contribution in [0.4, 0.5) is 0 Å². The molecule has 0 aliphatic rings. The molecule has 1 aromatic rings. The predicted molar refractivity (Wildman–Crippen MR) is 84.7 cm³/mol. The maximum absolute atomic E-state index is 5.93. The minimum Gasteiger partial charge on any atom is -0.493 e. The van der Waals surface area contributed by atoms with E-state index in [-0.39, 0.29) is 0 Å². The van der Waals surface area contributed by atoms with Gasteiger partial charge in [-0.3, -0.25) is 0 Å². The van der Waals surface area contributed by atoms with Crippen molar-refractivity contribution in [3.8, 4) is 5.75 Å². The Morgan fingerprint density at radius 3 is 2.83 bits per heavy atom. The van der Waals surface area contributed by atoms with Crippen molar-refractivity contribution >= 4 is 27.7 Å². The van der Waals surface area contributed by atoms with Gasteiger partial charge >= 0.3 is 0 Å². The molecule has 2 nitrogen and oxygen atoms in total. The Hall–Kier alpha value is -0.190. The van der Waals surface area contributed by atoms with E-state index in [0.29, 0.717) is 6.54 Å². The molecule has 0 unspecified atom stereocenters. The summed E-state index contributed by atoms with van der Waals surface area (Å²) in [7, 11) is 0. The van der Waals surface area contributed by atoms with E-state index in [1.165, 1.54) is 16.9 Å². The lowest BCUT2D eigenvalue weighted by atomic mass is 10.1. The number of aryl methyl sites for hydroxylation is 1. The Bertz CT molecular complexity index is 371. The molecule has 0 heterocycles. The van der Waals surface area contributed by atoms with Crippen LogP contribution in [0.5, 0.6) is 5.75 Å². The average molecular weight is 332 g/mol. The lowest BCUT2D eigenvalue weighted by molar-refractivity contribution is 0.313. The van der Waals surface area contributed by atoms with Gasteiger partial charge in [-0.25, -0.2) is 0 Å². The van der Waals surface area contributed by atoms with Crippen LogP contribution in [0.1, 0.15) is 24.5 Å². The van der Waals surface area contributed by atoms with Gasteiger partial charge in [-0.1, -0.05) is 22.9 Å². The molecule has 0 saturated carbocycles. The van der Waals surface area contributed by atoms with Crippen LogP contribution < -0.4 is 10.5 Å². The largest absolute Gasteiger partial charge is 0.493 e. The molecule has 0 amide bonds. The highest BCUT2D eigenvalue weighted by atomic mass is 79.9. The van der Waals surface area contributed by atoms with Gasteiger partial charge in [0.05, 0.1) is 6.61 Å². The molecular weight excluding hydrogens is 310 g/mol. The summed E-state index contributed by atoms with van der Waals surface area (Å²) in [5, 5.41) is 0. The first-order chi connectivity index (χ1) is 8.69. The molecule has 0 aliphatic heterocycles. The van der Waals surface area contributed by atoms with E-state index in [1.54, 1.807) is 0 Å². The molecule has 1 rings (SSSR count). The standard InChI is InChI=1S/C14H22BrNOS/c1-3-18-8-4-7-17-14-11(2)9-13(15)10-12(14)5-6-16/h9-10H,3-8,16H2,1-2H3. The van der Waals surface area contributed by atoms with Gasteiger partial charge < -0.3 is 10.5 Å². The zero-order chi connectivity index (χ0) is 13.4. The third-order valence-corrected chi connectivity index (χ3v) is 4.06. The summed E-state index contributed by atoms with van der Waals surface area (Å²) in [4.78, 5) is 0. The Morgan fingerprint density at radius 2 is 2.17 bits per heavy atom. The van der Waals surface area contributed by atoms with Crippen LogP contribution in [-0.2, 0) is 6.42 Å². The second-order valence-electron chi connectivity index (χ2n) is 4.15. The lowest BCUT2D eigenvalue weighted by Crippen LogP contribution is -2.08. The molecule has 0 atom stereocenters. The van der Waals surface area contributed by atoms with Gasteiger partial charge in [0.2, 0.25) is 0 Å². The van der Waals surface area contributed by atoms with Gasteiger partial charge in [0.1, 0.15) is 5.75 Å². The van der Waals surface area contributed by atoms with Gasteiger partial charge in [-0.15, -0.1) is 0 Å². The third-order valence-electron chi connectivity index (χ3n) is 2.61. The van der Waals surface area contributed by atoms with Crippen molar-refractivity contribution in [2.24, 2.45) is 5.73 Å². The Kier molecular flexibility index (Phi) is 7.79. The first-order valence-corrected chi connectivity index (χ1v) is 8.33. The van der Waals surface area contributed by atoms with Gasteiger partial charge in [-0.2, -0.15) is 11.8 Å². The molecule has 0 saturated heterocycles. The summed E-state index contributed by atoms with van der Waals surface area (Å²) < 4.78 is 7.03. The maximum atomic E-state index is 5.93. The highest BCUT2D eigenvalue weighted by Crippen LogP contribution is 2.28. The van der Waals surface area contributed by atoms with Crippen molar-refractivity contribution in [2.75, 3.05) is 24.7 Å². The Labute approximate surface area is 123 Å². The minimum atomic E-state index is 0.651. The molecule has 0 radical (unpaired) electrons. The molecule has 0 spiro atoms. The normalized spacial score (nSPS) is 10.7. The van der Waals surface area contributed by atoms with Crippen molar-refractivity contribution in [1.82, 2.24) is 0 Å². The van der Waals surface area contributed by atoms with Gasteiger partial charge in [0.25, 0.3) is 0 Å². The van der Waals surface area contributed by atoms with E-state index in [2.05, 4.69) is 41.9 Å². The molecule has 18 heavy (non-hydrogen) atoms. The van der Waals surface area contributed by atoms with Gasteiger partial charge in [-0.05, 0) is 61.1 Å². The summed E-state index contributed by atoms with van der Waals surface area (Å²) in [5.74, 6) is 3.36. The van der Waals surface area contributed by atoms with Crippen LogP contribution in [0.3, 0.4) is 0 Å². The second-order valence-corrected chi connectivity index (χ2v) is 6.46. The number of hydrogen-bond acceptors (Lipinski definition) is 3. The van der Waals surface area contributed by atoms with Crippen LogP contribution in [0.25, 0.3) is 0 Å². The summed E-state index contributed by atoms with van der Waals surface area (Å²) >= 11 is 5.48. The van der Waals surface area contributed by atoms with Gasteiger partial charge in [0, 0.05) is 4.47 Å². The van der Waals surface area contributed by atoms with Crippen LogP contribution in [0.15, 0.2) is 16.6 Å². The third kappa shape index (κ3) is 5.21. The monoisotopic (exact) mass is 331 g/mol. The molecule has 1 aromatic carbocycles. The van der Waals surface area contributed by atoms with Crippen molar-refractivity contribution in [3.63, 3.8) is 0 Å². The average Bonchev–Trinajstić information content (AvgIpc) is 2.32. The summed E-state index contributed by atoms with van der Waals surface area (Å²) in [6.45, 7) is 5.70. The Morgan fingerprint density at radius 1 is 1.39 bits per heavy atom. The van der Waals surface area contributed by atoms with E-state index in [1.807, 2.05) is 11.8 Å². The van der Waals surface area contributed by atoms with E-state index in [9.17, 15) is 0 Å². The fourth-order valence-electron chi connectivity index (χ4n) is 1.83. The van der Waals surface area contributed by atoms with Gasteiger partial charge in [0.15, 0.2) is 0 Å². The van der Waals surface area contributed by atoms with Crippen LogP contribution in [0.2, 0.25) is 0 Å². The van der Waals surface area contributed by atoms with Crippen molar-refractivity contribution < 1.29 is 4.74 Å². The van der Waals surface area contributed by atoms with Crippen LogP contribution >= 0.6 is 27.7 Å². The minimum absolute atomic E-state index is 0.651. The first kappa shape index (κ1) is 15.9. The maximum Gasteiger partial charge on any atom is 0.125 e. The smallest absolute Gasteiger partial charge is 0.125 e. The molecule has 0 aliphatic carbocycles. The number of hydrogen-bond donors (Lipinski definition) is 1. The zero-order valence-corrected chi connectivity index (χ0v) is 13.6. The SMILES string of the molecule is CCSCCCOc1c(C)cc(Br)cc1CCN. The number of rotatable bonds is 8. The van der Waals surface area contributed by atoms with Crippen molar-refractivity contribution in [2.45, 2.75) is 26.7 Å². The van der Waals surface area contributed by atoms with Crippen molar-refractivity contribution in [1.29, 1.82) is 0 Å². The van der Waals surface area contributed by atoms with E-state index < -0.39 is 0 Å². The molecule has 0 bridgehead atoms. The number of benzene rings is 1. The topological polar surface area (TPSA) is 35.2 Å². The van der Waals surface area contributed by atoms with E-state index >= 15 is 0 Å². The number of nitrogens with two attached hydrogens (primary N) is 1. The number of thioether (sulfide) groups is 1. The number of ether oxygens (including phenoxy) is 1. The first-order valence-electron chi connectivity index (χ1n) is 6.38.